The average Bonchev–Trinajstić information content (AvgIpc) is 3.13. The van der Waals surface area contributed by atoms with Crippen LogP contribution in [0.4, 0.5) is 0 Å². The molecular weight excluding hydrogens is 320 g/mol. The smallest absolute Gasteiger partial charge is 0.197 e. The lowest BCUT2D eigenvalue weighted by Crippen LogP contribution is -2.40. The summed E-state index contributed by atoms with van der Waals surface area (Å²) in [5, 5.41) is 8.82. The molecule has 1 aliphatic carbocycles. The number of hydrogen-bond donors (Lipinski definition) is 0. The Balaban J connectivity index is 1.93. The van der Waals surface area contributed by atoms with Crippen molar-refractivity contribution in [2.75, 3.05) is 0 Å². The number of hydrogen-bond acceptors (Lipinski definition) is 5. The van der Waals surface area contributed by atoms with Gasteiger partial charge in [0.25, 0.3) is 0 Å². The van der Waals surface area contributed by atoms with E-state index in [0.29, 0.717) is 12.5 Å². The summed E-state index contributed by atoms with van der Waals surface area (Å²) in [6.45, 7) is 11.5. The predicted molar refractivity (Wildman–Crippen MR) is 93.8 cm³/mol. The van der Waals surface area contributed by atoms with E-state index in [2.05, 4.69) is 38.8 Å². The standard InChI is InChI=1S/C18H28N2O3Si/c1-18(2,3)24(4,5)22-12-15-11-20-17(23-15)14-7-6-13(10-14)16(21)8-9-19/h11,13-14H,6-8,10,12H2,1-5H3. The van der Waals surface area contributed by atoms with Gasteiger partial charge in [0.05, 0.1) is 25.3 Å². The number of Topliss-reactive ketones (excluding diaryl/α,β-unsaturated/α-hetero) is 1. The van der Waals surface area contributed by atoms with Gasteiger partial charge >= 0.3 is 0 Å². The predicted octanol–water partition coefficient (Wildman–Crippen LogP) is 4.56. The Morgan fingerprint density at radius 3 is 2.79 bits per heavy atom. The van der Waals surface area contributed by atoms with Gasteiger partial charge in [-0.05, 0) is 37.4 Å². The van der Waals surface area contributed by atoms with Crippen LogP contribution in [0.2, 0.25) is 18.1 Å². The topological polar surface area (TPSA) is 76.1 Å². The van der Waals surface area contributed by atoms with Gasteiger partial charge < -0.3 is 8.84 Å². The summed E-state index contributed by atoms with van der Waals surface area (Å²) in [7, 11) is -1.81. The number of aromatic nitrogens is 1. The molecule has 0 aliphatic heterocycles. The Bertz CT molecular complexity index is 625. The second-order valence-corrected chi connectivity index (χ2v) is 13.0. The van der Waals surface area contributed by atoms with Crippen molar-refractivity contribution in [3.8, 4) is 6.07 Å². The summed E-state index contributed by atoms with van der Waals surface area (Å²) in [5.41, 5.74) is 0. The van der Waals surface area contributed by atoms with Gasteiger partial charge in [-0.3, -0.25) is 4.79 Å². The molecule has 1 aliphatic rings. The van der Waals surface area contributed by atoms with E-state index in [-0.39, 0.29) is 29.1 Å². The first kappa shape index (κ1) is 18.9. The zero-order valence-electron chi connectivity index (χ0n) is 15.4. The van der Waals surface area contributed by atoms with Gasteiger partial charge in [-0.25, -0.2) is 4.98 Å². The Morgan fingerprint density at radius 2 is 2.17 bits per heavy atom. The van der Waals surface area contributed by atoms with Crippen molar-refractivity contribution in [3.05, 3.63) is 17.8 Å². The molecule has 0 radical (unpaired) electrons. The van der Waals surface area contributed by atoms with Crippen LogP contribution in [0.25, 0.3) is 0 Å². The molecule has 0 amide bonds. The molecule has 0 aromatic carbocycles. The molecule has 0 bridgehead atoms. The first-order valence-electron chi connectivity index (χ1n) is 8.62. The van der Waals surface area contributed by atoms with Crippen molar-refractivity contribution in [2.24, 2.45) is 5.92 Å². The molecule has 1 aromatic rings. The van der Waals surface area contributed by atoms with Crippen LogP contribution < -0.4 is 0 Å². The SMILES string of the molecule is CC(C)(C)[Si](C)(C)OCc1cnc(C2CCC(C(=O)CC#N)C2)o1. The highest BCUT2D eigenvalue weighted by molar-refractivity contribution is 6.74. The van der Waals surface area contributed by atoms with Crippen molar-refractivity contribution in [1.82, 2.24) is 4.98 Å². The van der Waals surface area contributed by atoms with Crippen LogP contribution >= 0.6 is 0 Å². The minimum absolute atomic E-state index is 0.00851. The van der Waals surface area contributed by atoms with E-state index in [1.165, 1.54) is 0 Å². The minimum atomic E-state index is -1.81. The molecule has 132 valence electrons. The van der Waals surface area contributed by atoms with Crippen molar-refractivity contribution in [2.45, 2.75) is 77.1 Å². The summed E-state index contributed by atoms with van der Waals surface area (Å²) in [5.74, 6) is 1.67. The third-order valence-corrected chi connectivity index (χ3v) is 9.92. The van der Waals surface area contributed by atoms with Gasteiger partial charge in [0.15, 0.2) is 14.2 Å². The van der Waals surface area contributed by atoms with Gasteiger partial charge in [0.2, 0.25) is 0 Å². The fourth-order valence-electron chi connectivity index (χ4n) is 2.77. The third-order valence-electron chi connectivity index (χ3n) is 5.44. The second-order valence-electron chi connectivity index (χ2n) is 8.22. The summed E-state index contributed by atoms with van der Waals surface area (Å²) < 4.78 is 12.0. The number of rotatable bonds is 6. The molecule has 0 saturated heterocycles. The molecule has 1 heterocycles. The van der Waals surface area contributed by atoms with Crippen LogP contribution in [0.15, 0.2) is 10.6 Å². The van der Waals surface area contributed by atoms with E-state index in [0.717, 1.165) is 25.0 Å². The van der Waals surface area contributed by atoms with Crippen LogP contribution in [-0.2, 0) is 15.8 Å². The summed E-state index contributed by atoms with van der Waals surface area (Å²) in [6.07, 6.45) is 4.21. The van der Waals surface area contributed by atoms with E-state index in [9.17, 15) is 4.79 Å². The highest BCUT2D eigenvalue weighted by Crippen LogP contribution is 2.39. The maximum absolute atomic E-state index is 11.8. The zero-order valence-corrected chi connectivity index (χ0v) is 16.4. The Kier molecular flexibility index (Phi) is 5.66. The first-order valence-corrected chi connectivity index (χ1v) is 11.5. The maximum atomic E-state index is 11.8. The molecule has 1 aromatic heterocycles. The van der Waals surface area contributed by atoms with Crippen LogP contribution in [0.3, 0.4) is 0 Å². The number of ketones is 1. The normalized spacial score (nSPS) is 21.7. The van der Waals surface area contributed by atoms with Crippen LogP contribution in [0.1, 0.15) is 64.0 Å². The fourth-order valence-corrected chi connectivity index (χ4v) is 3.70. The van der Waals surface area contributed by atoms with Gasteiger partial charge in [0, 0.05) is 11.8 Å². The van der Waals surface area contributed by atoms with E-state index >= 15 is 0 Å². The molecule has 6 heteroatoms. The maximum Gasteiger partial charge on any atom is 0.197 e. The molecule has 2 atom stereocenters. The number of nitriles is 1. The number of carbonyl (C=O) groups is 1. The summed E-state index contributed by atoms with van der Waals surface area (Å²) in [4.78, 5) is 16.2. The molecule has 0 N–H and O–H groups in total. The number of oxazole rings is 1. The summed E-state index contributed by atoms with van der Waals surface area (Å²) in [6, 6.07) is 1.94. The molecule has 24 heavy (non-hydrogen) atoms. The van der Waals surface area contributed by atoms with Gasteiger partial charge in [-0.15, -0.1) is 0 Å². The van der Waals surface area contributed by atoms with Crippen molar-refractivity contribution >= 4 is 14.1 Å². The number of nitrogens with zero attached hydrogens (tertiary/aromatic N) is 2. The van der Waals surface area contributed by atoms with Crippen molar-refractivity contribution in [3.63, 3.8) is 0 Å². The van der Waals surface area contributed by atoms with Gasteiger partial charge in [0.1, 0.15) is 11.5 Å². The average molecular weight is 349 g/mol. The monoisotopic (exact) mass is 348 g/mol. The van der Waals surface area contributed by atoms with Crippen LogP contribution in [-0.4, -0.2) is 19.1 Å². The lowest BCUT2D eigenvalue weighted by molar-refractivity contribution is -0.121. The van der Waals surface area contributed by atoms with Crippen molar-refractivity contribution in [1.29, 1.82) is 5.26 Å². The van der Waals surface area contributed by atoms with E-state index < -0.39 is 8.32 Å². The molecular formula is C18H28N2O3Si. The third kappa shape index (κ3) is 4.34. The highest BCUT2D eigenvalue weighted by atomic mass is 28.4. The molecule has 5 nitrogen and oxygen atoms in total. The van der Waals surface area contributed by atoms with Crippen molar-refractivity contribution < 1.29 is 13.6 Å². The van der Waals surface area contributed by atoms with Crippen LogP contribution in [0, 0.1) is 17.2 Å². The molecule has 1 saturated carbocycles. The fraction of sp³-hybridized carbons (Fsp3) is 0.722. The zero-order chi connectivity index (χ0) is 18.0. The Morgan fingerprint density at radius 1 is 1.46 bits per heavy atom. The second kappa shape index (κ2) is 7.20. The molecule has 1 fully saturated rings. The molecule has 2 unspecified atom stereocenters. The summed E-state index contributed by atoms with van der Waals surface area (Å²) >= 11 is 0. The lowest BCUT2D eigenvalue weighted by Gasteiger charge is -2.35. The molecule has 0 spiro atoms. The number of carbonyl (C=O) groups excluding carboxylic acids is 1. The lowest BCUT2D eigenvalue weighted by atomic mass is 9.99. The highest BCUT2D eigenvalue weighted by Gasteiger charge is 2.37. The van der Waals surface area contributed by atoms with Gasteiger partial charge in [-0.1, -0.05) is 20.8 Å². The van der Waals surface area contributed by atoms with E-state index in [1.54, 1.807) is 6.20 Å². The quantitative estimate of drug-likeness (QED) is 0.704. The first-order chi connectivity index (χ1) is 11.1. The largest absolute Gasteiger partial charge is 0.443 e. The van der Waals surface area contributed by atoms with Crippen LogP contribution in [0.5, 0.6) is 0 Å². The van der Waals surface area contributed by atoms with E-state index in [4.69, 9.17) is 14.1 Å². The van der Waals surface area contributed by atoms with Gasteiger partial charge in [-0.2, -0.15) is 5.26 Å². The molecule has 2 rings (SSSR count). The van der Waals surface area contributed by atoms with E-state index in [1.807, 2.05) is 6.07 Å². The minimum Gasteiger partial charge on any atom is -0.443 e. The Labute approximate surface area is 145 Å². The Hall–Kier alpha value is -1.45.